The van der Waals surface area contributed by atoms with E-state index in [0.29, 0.717) is 6.54 Å². The lowest BCUT2D eigenvalue weighted by Gasteiger charge is -2.39. The Labute approximate surface area is 119 Å². The molecule has 1 aromatic carbocycles. The standard InChI is InChI=1S/C15H22FN3O/c1-15(2)8-5-9-17-13(15)10-18-14(20)19-12-7-4-3-6-11(12)16/h3-4,6-7,13,17H,5,8-10H2,1-2H3,(H2,18,19,20). The Morgan fingerprint density at radius 1 is 1.45 bits per heavy atom. The van der Waals surface area contributed by atoms with Crippen LogP contribution in [0.2, 0.25) is 0 Å². The maximum atomic E-state index is 13.4. The van der Waals surface area contributed by atoms with Crippen LogP contribution in [0.25, 0.3) is 0 Å². The predicted octanol–water partition coefficient (Wildman–Crippen LogP) is 2.73. The van der Waals surface area contributed by atoms with E-state index in [1.54, 1.807) is 12.1 Å². The summed E-state index contributed by atoms with van der Waals surface area (Å²) in [5.41, 5.74) is 0.352. The Hall–Kier alpha value is -1.62. The zero-order valence-electron chi connectivity index (χ0n) is 12.0. The van der Waals surface area contributed by atoms with Crippen LogP contribution in [0.4, 0.5) is 14.9 Å². The summed E-state index contributed by atoms with van der Waals surface area (Å²) in [6.45, 7) is 5.90. The number of rotatable bonds is 3. The van der Waals surface area contributed by atoms with Gasteiger partial charge in [-0.05, 0) is 36.9 Å². The van der Waals surface area contributed by atoms with Crippen LogP contribution in [0.15, 0.2) is 24.3 Å². The Bertz CT molecular complexity index is 476. The molecule has 0 aliphatic carbocycles. The molecule has 5 heteroatoms. The minimum atomic E-state index is -0.432. The van der Waals surface area contributed by atoms with Gasteiger partial charge in [0.15, 0.2) is 0 Å². The number of piperidine rings is 1. The summed E-state index contributed by atoms with van der Waals surface area (Å²) >= 11 is 0. The Morgan fingerprint density at radius 3 is 2.90 bits per heavy atom. The van der Waals surface area contributed by atoms with Gasteiger partial charge in [0.2, 0.25) is 0 Å². The first-order valence-corrected chi connectivity index (χ1v) is 7.02. The van der Waals surface area contributed by atoms with Gasteiger partial charge in [-0.2, -0.15) is 0 Å². The molecule has 3 N–H and O–H groups in total. The number of anilines is 1. The molecule has 1 atom stereocenters. The maximum Gasteiger partial charge on any atom is 0.319 e. The van der Waals surface area contributed by atoms with Crippen LogP contribution in [-0.4, -0.2) is 25.2 Å². The van der Waals surface area contributed by atoms with Crippen LogP contribution in [-0.2, 0) is 0 Å². The molecule has 1 fully saturated rings. The number of hydrogen-bond donors (Lipinski definition) is 3. The fourth-order valence-corrected chi connectivity index (χ4v) is 2.54. The normalized spacial score (nSPS) is 21.2. The number of carbonyl (C=O) groups excluding carboxylic acids is 1. The third kappa shape index (κ3) is 3.70. The molecule has 1 aliphatic heterocycles. The molecule has 1 aliphatic rings. The molecule has 1 unspecified atom stereocenters. The van der Waals surface area contributed by atoms with Gasteiger partial charge in [0.25, 0.3) is 0 Å². The second-order valence-corrected chi connectivity index (χ2v) is 5.91. The highest BCUT2D eigenvalue weighted by Gasteiger charge is 2.31. The molecule has 2 rings (SSSR count). The van der Waals surface area contributed by atoms with Crippen LogP contribution >= 0.6 is 0 Å². The molecular weight excluding hydrogens is 257 g/mol. The lowest BCUT2D eigenvalue weighted by atomic mass is 9.77. The van der Waals surface area contributed by atoms with Gasteiger partial charge in [-0.1, -0.05) is 26.0 Å². The number of para-hydroxylation sites is 1. The smallest absolute Gasteiger partial charge is 0.319 e. The van der Waals surface area contributed by atoms with Crippen molar-refractivity contribution in [2.45, 2.75) is 32.7 Å². The van der Waals surface area contributed by atoms with Crippen molar-refractivity contribution in [3.05, 3.63) is 30.1 Å². The van der Waals surface area contributed by atoms with Crippen LogP contribution < -0.4 is 16.0 Å². The summed E-state index contributed by atoms with van der Waals surface area (Å²) in [6.07, 6.45) is 2.30. The van der Waals surface area contributed by atoms with E-state index >= 15 is 0 Å². The SMILES string of the molecule is CC1(C)CCCNC1CNC(=O)Nc1ccccc1F. The molecule has 4 nitrogen and oxygen atoms in total. The topological polar surface area (TPSA) is 53.2 Å². The van der Waals surface area contributed by atoms with E-state index in [1.165, 1.54) is 12.1 Å². The quantitative estimate of drug-likeness (QED) is 0.797. The second kappa shape index (κ2) is 6.22. The van der Waals surface area contributed by atoms with E-state index in [2.05, 4.69) is 29.8 Å². The summed E-state index contributed by atoms with van der Waals surface area (Å²) in [5, 5.41) is 8.75. The van der Waals surface area contributed by atoms with E-state index in [9.17, 15) is 9.18 Å². The first kappa shape index (κ1) is 14.8. The van der Waals surface area contributed by atoms with Gasteiger partial charge in [0, 0.05) is 12.6 Å². The predicted molar refractivity (Wildman–Crippen MR) is 78.2 cm³/mol. The number of hydrogen-bond acceptors (Lipinski definition) is 2. The summed E-state index contributed by atoms with van der Waals surface area (Å²) in [7, 11) is 0. The van der Waals surface area contributed by atoms with Gasteiger partial charge >= 0.3 is 6.03 Å². The monoisotopic (exact) mass is 279 g/mol. The average Bonchev–Trinajstić information content (AvgIpc) is 2.40. The Kier molecular flexibility index (Phi) is 4.60. The van der Waals surface area contributed by atoms with Crippen molar-refractivity contribution in [1.82, 2.24) is 10.6 Å². The van der Waals surface area contributed by atoms with Crippen molar-refractivity contribution in [3.63, 3.8) is 0 Å². The van der Waals surface area contributed by atoms with E-state index < -0.39 is 5.82 Å². The summed E-state index contributed by atoms with van der Waals surface area (Å²) in [6, 6.07) is 6.00. The van der Waals surface area contributed by atoms with Crippen molar-refractivity contribution in [2.24, 2.45) is 5.41 Å². The van der Waals surface area contributed by atoms with Gasteiger partial charge < -0.3 is 16.0 Å². The molecule has 1 saturated heterocycles. The van der Waals surface area contributed by atoms with Crippen LogP contribution in [0.5, 0.6) is 0 Å². The van der Waals surface area contributed by atoms with Gasteiger partial charge in [0.1, 0.15) is 5.82 Å². The zero-order chi connectivity index (χ0) is 14.6. The number of amides is 2. The molecule has 1 heterocycles. The number of nitrogens with one attached hydrogen (secondary N) is 3. The highest BCUT2D eigenvalue weighted by atomic mass is 19.1. The minimum absolute atomic E-state index is 0.156. The summed E-state index contributed by atoms with van der Waals surface area (Å²) in [5.74, 6) is -0.432. The number of benzene rings is 1. The molecule has 110 valence electrons. The van der Waals surface area contributed by atoms with Gasteiger partial charge in [-0.15, -0.1) is 0 Å². The molecule has 1 aromatic rings. The van der Waals surface area contributed by atoms with E-state index in [0.717, 1.165) is 19.4 Å². The van der Waals surface area contributed by atoms with E-state index in [4.69, 9.17) is 0 Å². The molecule has 0 spiro atoms. The van der Waals surface area contributed by atoms with Crippen molar-refractivity contribution in [1.29, 1.82) is 0 Å². The summed E-state index contributed by atoms with van der Waals surface area (Å²) in [4.78, 5) is 11.8. The summed E-state index contributed by atoms with van der Waals surface area (Å²) < 4.78 is 13.4. The van der Waals surface area contributed by atoms with Crippen LogP contribution in [0, 0.1) is 11.2 Å². The van der Waals surface area contributed by atoms with Crippen molar-refractivity contribution in [3.8, 4) is 0 Å². The third-order valence-electron chi connectivity index (χ3n) is 3.92. The molecule has 20 heavy (non-hydrogen) atoms. The van der Waals surface area contributed by atoms with E-state index in [-0.39, 0.29) is 23.2 Å². The molecule has 0 aromatic heterocycles. The third-order valence-corrected chi connectivity index (χ3v) is 3.92. The first-order chi connectivity index (χ1) is 9.49. The fraction of sp³-hybridized carbons (Fsp3) is 0.533. The van der Waals surface area contributed by atoms with Gasteiger partial charge in [-0.3, -0.25) is 0 Å². The highest BCUT2D eigenvalue weighted by molar-refractivity contribution is 5.89. The Balaban J connectivity index is 1.85. The van der Waals surface area contributed by atoms with Crippen molar-refractivity contribution >= 4 is 11.7 Å². The second-order valence-electron chi connectivity index (χ2n) is 5.91. The Morgan fingerprint density at radius 2 is 2.20 bits per heavy atom. The fourth-order valence-electron chi connectivity index (χ4n) is 2.54. The number of carbonyl (C=O) groups is 1. The van der Waals surface area contributed by atoms with Gasteiger partial charge in [-0.25, -0.2) is 9.18 Å². The van der Waals surface area contributed by atoms with E-state index in [1.807, 2.05) is 0 Å². The lowest BCUT2D eigenvalue weighted by molar-refractivity contribution is 0.177. The van der Waals surface area contributed by atoms with Gasteiger partial charge in [0.05, 0.1) is 5.69 Å². The maximum absolute atomic E-state index is 13.4. The van der Waals surface area contributed by atoms with Crippen molar-refractivity contribution in [2.75, 3.05) is 18.4 Å². The van der Waals surface area contributed by atoms with Crippen LogP contribution in [0.3, 0.4) is 0 Å². The molecule has 0 radical (unpaired) electrons. The minimum Gasteiger partial charge on any atom is -0.336 e. The largest absolute Gasteiger partial charge is 0.336 e. The number of halogens is 1. The van der Waals surface area contributed by atoms with Crippen molar-refractivity contribution < 1.29 is 9.18 Å². The average molecular weight is 279 g/mol. The number of urea groups is 1. The highest BCUT2D eigenvalue weighted by Crippen LogP contribution is 2.29. The molecule has 2 amide bonds. The molecule has 0 saturated carbocycles. The first-order valence-electron chi connectivity index (χ1n) is 7.02. The van der Waals surface area contributed by atoms with Crippen LogP contribution in [0.1, 0.15) is 26.7 Å². The lowest BCUT2D eigenvalue weighted by Crippen LogP contribution is -2.53. The molecule has 0 bridgehead atoms. The molecular formula is C15H22FN3O. The zero-order valence-corrected chi connectivity index (χ0v) is 12.0.